The van der Waals surface area contributed by atoms with Crippen molar-refractivity contribution in [1.29, 1.82) is 0 Å². The molecule has 0 aliphatic carbocycles. The van der Waals surface area contributed by atoms with Gasteiger partial charge in [-0.2, -0.15) is 7.82 Å². The molecule has 0 atom stereocenters. The van der Waals surface area contributed by atoms with Gasteiger partial charge in [-0.05, 0) is 0 Å². The molecule has 0 aromatic heterocycles. The van der Waals surface area contributed by atoms with Gasteiger partial charge in [-0.3, -0.25) is 4.70 Å². The van der Waals surface area contributed by atoms with E-state index in [1.165, 1.54) is 0 Å². The molecule has 0 fully saturated rings. The van der Waals surface area contributed by atoms with E-state index in [2.05, 4.69) is 0 Å². The second-order valence-electron chi connectivity index (χ2n) is 0.447. The minimum atomic E-state index is -5.39. The minimum absolute atomic E-state index is 0. The molecule has 0 rings (SSSR count). The summed E-state index contributed by atoms with van der Waals surface area (Å²) in [6, 6.07) is 0. The van der Waals surface area contributed by atoms with Gasteiger partial charge in [-0.25, -0.2) is 0 Å². The summed E-state index contributed by atoms with van der Waals surface area (Å²) < 4.78 is 8.55. The Kier molecular flexibility index (Phi) is 44.8. The molecule has 0 aliphatic heterocycles. The van der Waals surface area contributed by atoms with E-state index >= 15 is 0 Å². The SMILES string of the molecule is F.O=P([O-])([O-])[O-].[Na+].[Na+].[Na+]. The van der Waals surface area contributed by atoms with Crippen molar-refractivity contribution in [3.63, 3.8) is 0 Å². The molecule has 4 nitrogen and oxygen atoms in total. The molecule has 0 N–H and O–H groups in total. The van der Waals surface area contributed by atoms with E-state index in [1.807, 2.05) is 0 Å². The van der Waals surface area contributed by atoms with Crippen LogP contribution in [0.3, 0.4) is 0 Å². The number of rotatable bonds is 0. The van der Waals surface area contributed by atoms with Crippen LogP contribution in [0.25, 0.3) is 0 Å². The van der Waals surface area contributed by atoms with E-state index in [4.69, 9.17) is 19.2 Å². The molecule has 0 bridgehead atoms. The Bertz CT molecular complexity index is 61.9. The zero-order valence-corrected chi connectivity index (χ0v) is 12.4. The topological polar surface area (TPSA) is 86.2 Å². The Morgan fingerprint density at radius 1 is 0.889 bits per heavy atom. The van der Waals surface area contributed by atoms with Crippen molar-refractivity contribution in [1.82, 2.24) is 0 Å². The molecule has 0 aliphatic rings. The first-order valence-electron chi connectivity index (χ1n) is 0.730. The van der Waals surface area contributed by atoms with Crippen molar-refractivity contribution in [2.24, 2.45) is 0 Å². The van der Waals surface area contributed by atoms with Crippen molar-refractivity contribution in [2.75, 3.05) is 0 Å². The predicted octanol–water partition coefficient (Wildman–Crippen LogP) is -11.7. The van der Waals surface area contributed by atoms with Crippen molar-refractivity contribution in [3.05, 3.63) is 0 Å². The summed E-state index contributed by atoms with van der Waals surface area (Å²) in [6.45, 7) is 0. The van der Waals surface area contributed by atoms with Crippen molar-refractivity contribution in [2.45, 2.75) is 0 Å². The smallest absolute Gasteiger partial charge is 0.822 e. The number of phosphoric acid groups is 1. The van der Waals surface area contributed by atoms with Crippen LogP contribution in [0.2, 0.25) is 0 Å². The summed E-state index contributed by atoms with van der Waals surface area (Å²) in [4.78, 5) is 25.6. The molecular formula is HFNa3O4P. The summed E-state index contributed by atoms with van der Waals surface area (Å²) in [6.07, 6.45) is 0. The van der Waals surface area contributed by atoms with Crippen molar-refractivity contribution < 1.29 is 113 Å². The van der Waals surface area contributed by atoms with E-state index in [9.17, 15) is 0 Å². The maximum atomic E-state index is 8.55. The first-order chi connectivity index (χ1) is 2.00. The van der Waals surface area contributed by atoms with E-state index in [0.717, 1.165) is 0 Å². The van der Waals surface area contributed by atoms with Crippen LogP contribution >= 0.6 is 7.82 Å². The fraction of sp³-hybridized carbons (Fsp3) is 0. The second-order valence-corrected chi connectivity index (χ2v) is 1.34. The van der Waals surface area contributed by atoms with E-state index in [0.29, 0.717) is 0 Å². The van der Waals surface area contributed by atoms with Crippen LogP contribution in [0.15, 0.2) is 0 Å². The molecule has 0 saturated heterocycles. The fourth-order valence-corrected chi connectivity index (χ4v) is 0. The standard InChI is InChI=1S/FH.3Na.H3O4P/c;;;;1-5(2,3)4/h1H;;;;(H3,1,2,3,4)/q;3*+1;/p-3. The van der Waals surface area contributed by atoms with Gasteiger partial charge in [-0.15, -0.1) is 0 Å². The third kappa shape index (κ3) is 97.6. The Morgan fingerprint density at radius 2 is 0.889 bits per heavy atom. The quantitative estimate of drug-likeness (QED) is 0.276. The normalized spacial score (nSPS) is 6.56. The second kappa shape index (κ2) is 13.6. The van der Waals surface area contributed by atoms with Crippen LogP contribution in [0.4, 0.5) is 4.70 Å². The van der Waals surface area contributed by atoms with Gasteiger partial charge in [0, 0.05) is 0 Å². The van der Waals surface area contributed by atoms with Crippen LogP contribution in [-0.4, -0.2) is 0 Å². The summed E-state index contributed by atoms with van der Waals surface area (Å²) in [5, 5.41) is 0. The number of halogens is 1. The van der Waals surface area contributed by atoms with Gasteiger partial charge in [0.1, 0.15) is 0 Å². The third-order valence-electron chi connectivity index (χ3n) is 0. The molecule has 0 unspecified atom stereocenters. The molecule has 0 spiro atoms. The van der Waals surface area contributed by atoms with Crippen LogP contribution in [0, 0.1) is 0 Å². The maximum Gasteiger partial charge on any atom is 1.00 e. The Balaban J connectivity index is -0.0000000133. The van der Waals surface area contributed by atoms with Crippen LogP contribution in [0.5, 0.6) is 0 Å². The molecule has 9 heteroatoms. The van der Waals surface area contributed by atoms with Crippen LogP contribution in [0.1, 0.15) is 0 Å². The van der Waals surface area contributed by atoms with Crippen molar-refractivity contribution in [3.8, 4) is 0 Å². The molecule has 0 saturated carbocycles. The third-order valence-corrected chi connectivity index (χ3v) is 0. The molecule has 40 valence electrons. The predicted molar refractivity (Wildman–Crippen MR) is 10.1 cm³/mol. The van der Waals surface area contributed by atoms with Gasteiger partial charge in [0.25, 0.3) is 0 Å². The first-order valence-corrected chi connectivity index (χ1v) is 2.19. The van der Waals surface area contributed by atoms with Gasteiger partial charge in [0.2, 0.25) is 0 Å². The molecule has 0 amide bonds. The molecular weight excluding hydrogens is 183 g/mol. The fourth-order valence-electron chi connectivity index (χ4n) is 0. The van der Waals surface area contributed by atoms with Crippen LogP contribution < -0.4 is 103 Å². The summed E-state index contributed by atoms with van der Waals surface area (Å²) in [5.74, 6) is 0. The zero-order valence-electron chi connectivity index (χ0n) is 5.49. The Morgan fingerprint density at radius 3 is 0.889 bits per heavy atom. The van der Waals surface area contributed by atoms with Gasteiger partial charge < -0.3 is 19.2 Å². The minimum Gasteiger partial charge on any atom is -0.822 e. The van der Waals surface area contributed by atoms with Gasteiger partial charge in [0.05, 0.1) is 0 Å². The molecule has 0 aromatic carbocycles. The number of hydrogen-bond acceptors (Lipinski definition) is 4. The van der Waals surface area contributed by atoms with Crippen LogP contribution in [-0.2, 0) is 4.57 Å². The maximum absolute atomic E-state index is 8.55. The largest absolute Gasteiger partial charge is 1.00 e. The Labute approximate surface area is 118 Å². The summed E-state index contributed by atoms with van der Waals surface area (Å²) in [7, 11) is -5.39. The first kappa shape index (κ1) is 29.6. The van der Waals surface area contributed by atoms with Gasteiger partial charge in [-0.1, -0.05) is 0 Å². The Hall–Kier alpha value is 3.04. The van der Waals surface area contributed by atoms with E-state index in [-0.39, 0.29) is 93.4 Å². The zero-order chi connectivity index (χ0) is 4.50. The molecule has 0 aromatic rings. The van der Waals surface area contributed by atoms with Gasteiger partial charge >= 0.3 is 88.7 Å². The molecule has 9 heavy (non-hydrogen) atoms. The average Bonchev–Trinajstić information content (AvgIpc) is 0.722. The summed E-state index contributed by atoms with van der Waals surface area (Å²) >= 11 is 0. The molecule has 0 heterocycles. The molecule has 0 radical (unpaired) electrons. The van der Waals surface area contributed by atoms with E-state index in [1.54, 1.807) is 0 Å². The number of hydrogen-bond donors (Lipinski definition) is 0. The van der Waals surface area contributed by atoms with E-state index < -0.39 is 7.82 Å². The van der Waals surface area contributed by atoms with Gasteiger partial charge in [0.15, 0.2) is 0 Å². The average molecular weight is 184 g/mol. The van der Waals surface area contributed by atoms with Crippen molar-refractivity contribution >= 4 is 7.82 Å². The summed E-state index contributed by atoms with van der Waals surface area (Å²) in [5.41, 5.74) is 0. The monoisotopic (exact) mass is 184 g/mol.